The fourth-order valence-corrected chi connectivity index (χ4v) is 2.05. The molecule has 6 nitrogen and oxygen atoms in total. The highest BCUT2D eigenvalue weighted by Gasteiger charge is 2.42. The van der Waals surface area contributed by atoms with Gasteiger partial charge in [0.15, 0.2) is 5.41 Å². The third kappa shape index (κ3) is 3.76. The Morgan fingerprint density at radius 2 is 1.86 bits per heavy atom. The van der Waals surface area contributed by atoms with Crippen LogP contribution >= 0.6 is 0 Å². The molecule has 0 bridgehead atoms. The molecule has 0 aliphatic rings. The van der Waals surface area contributed by atoms with Crippen molar-refractivity contribution < 1.29 is 23.8 Å². The number of methoxy groups -OCH3 is 2. The Labute approximate surface area is 129 Å². The van der Waals surface area contributed by atoms with Crippen LogP contribution in [0.15, 0.2) is 24.3 Å². The molecule has 0 fully saturated rings. The second kappa shape index (κ2) is 8.03. The number of hydrogen-bond acceptors (Lipinski definition) is 6. The standard InChI is InChI=1S/C16H19NO5/c1-4-22-15(19)16(11-17,10-9-14(18)21-3)12-5-7-13(20-2)8-6-12/h5-8H,4,9-10H2,1-3H3. The van der Waals surface area contributed by atoms with E-state index in [0.29, 0.717) is 11.3 Å². The van der Waals surface area contributed by atoms with Crippen LogP contribution in [0.1, 0.15) is 25.3 Å². The van der Waals surface area contributed by atoms with Gasteiger partial charge in [0.25, 0.3) is 0 Å². The largest absolute Gasteiger partial charge is 0.497 e. The first-order valence-corrected chi connectivity index (χ1v) is 6.83. The Balaban J connectivity index is 3.20. The molecule has 0 N–H and O–H groups in total. The maximum Gasteiger partial charge on any atom is 0.331 e. The van der Waals surface area contributed by atoms with Crippen LogP contribution in [0.25, 0.3) is 0 Å². The van der Waals surface area contributed by atoms with Gasteiger partial charge < -0.3 is 14.2 Å². The minimum atomic E-state index is -1.55. The van der Waals surface area contributed by atoms with Crippen molar-refractivity contribution in [1.29, 1.82) is 5.26 Å². The minimum absolute atomic E-state index is 0.0126. The van der Waals surface area contributed by atoms with Crippen LogP contribution in [0.4, 0.5) is 0 Å². The molecule has 0 heterocycles. The molecule has 0 saturated heterocycles. The summed E-state index contributed by atoms with van der Waals surface area (Å²) in [6.07, 6.45) is -0.0732. The summed E-state index contributed by atoms with van der Waals surface area (Å²) in [5, 5.41) is 9.60. The second-order valence-corrected chi connectivity index (χ2v) is 4.54. The Bertz CT molecular complexity index is 561. The summed E-state index contributed by atoms with van der Waals surface area (Å²) >= 11 is 0. The molecule has 1 atom stereocenters. The summed E-state index contributed by atoms with van der Waals surface area (Å²) in [7, 11) is 2.78. The van der Waals surface area contributed by atoms with Crippen LogP contribution in [0.5, 0.6) is 5.75 Å². The van der Waals surface area contributed by atoms with Crippen molar-refractivity contribution in [1.82, 2.24) is 0 Å². The lowest BCUT2D eigenvalue weighted by Gasteiger charge is -2.24. The summed E-state index contributed by atoms with van der Waals surface area (Å²) in [6, 6.07) is 8.56. The molecule has 118 valence electrons. The average molecular weight is 305 g/mol. The highest BCUT2D eigenvalue weighted by atomic mass is 16.5. The number of rotatable bonds is 7. The molecule has 0 aliphatic heterocycles. The van der Waals surface area contributed by atoms with E-state index in [4.69, 9.17) is 9.47 Å². The third-order valence-corrected chi connectivity index (χ3v) is 3.33. The topological polar surface area (TPSA) is 85.6 Å². The van der Waals surface area contributed by atoms with Gasteiger partial charge in [0.1, 0.15) is 5.75 Å². The van der Waals surface area contributed by atoms with E-state index >= 15 is 0 Å². The third-order valence-electron chi connectivity index (χ3n) is 3.33. The summed E-state index contributed by atoms with van der Waals surface area (Å²) in [5.74, 6) is -0.559. The highest BCUT2D eigenvalue weighted by Crippen LogP contribution is 2.32. The lowest BCUT2D eigenvalue weighted by molar-refractivity contribution is -0.148. The second-order valence-electron chi connectivity index (χ2n) is 4.54. The van der Waals surface area contributed by atoms with Crippen LogP contribution < -0.4 is 4.74 Å². The Hall–Kier alpha value is -2.55. The molecule has 1 unspecified atom stereocenters. The number of carbonyl (C=O) groups is 2. The lowest BCUT2D eigenvalue weighted by atomic mass is 9.78. The number of nitrogens with zero attached hydrogens (tertiary/aromatic N) is 1. The fourth-order valence-electron chi connectivity index (χ4n) is 2.05. The molecule has 0 saturated carbocycles. The molecule has 0 radical (unpaired) electrons. The summed E-state index contributed by atoms with van der Waals surface area (Å²) in [5.41, 5.74) is -1.09. The molecule has 0 aromatic heterocycles. The van der Waals surface area contributed by atoms with Gasteiger partial charge in [-0.15, -0.1) is 0 Å². The number of esters is 2. The van der Waals surface area contributed by atoms with Crippen molar-refractivity contribution in [2.45, 2.75) is 25.2 Å². The van der Waals surface area contributed by atoms with E-state index < -0.39 is 17.4 Å². The van der Waals surface area contributed by atoms with Gasteiger partial charge in [0, 0.05) is 6.42 Å². The zero-order valence-electron chi connectivity index (χ0n) is 12.9. The van der Waals surface area contributed by atoms with Gasteiger partial charge in [-0.3, -0.25) is 4.79 Å². The zero-order chi connectivity index (χ0) is 16.6. The summed E-state index contributed by atoms with van der Waals surface area (Å²) in [4.78, 5) is 23.7. The van der Waals surface area contributed by atoms with Crippen molar-refractivity contribution >= 4 is 11.9 Å². The Kier molecular flexibility index (Phi) is 6.39. The van der Waals surface area contributed by atoms with E-state index in [1.54, 1.807) is 31.2 Å². The van der Waals surface area contributed by atoms with Crippen LogP contribution in [0.3, 0.4) is 0 Å². The lowest BCUT2D eigenvalue weighted by Crippen LogP contribution is -2.37. The van der Waals surface area contributed by atoms with Crippen molar-refractivity contribution in [3.63, 3.8) is 0 Å². The van der Waals surface area contributed by atoms with Gasteiger partial charge in [0.05, 0.1) is 26.9 Å². The molecule has 0 aliphatic carbocycles. The van der Waals surface area contributed by atoms with Gasteiger partial charge in [0.2, 0.25) is 0 Å². The monoisotopic (exact) mass is 305 g/mol. The molecular weight excluding hydrogens is 286 g/mol. The maximum atomic E-state index is 12.3. The summed E-state index contributed by atoms with van der Waals surface area (Å²) in [6.45, 7) is 1.81. The Morgan fingerprint density at radius 1 is 1.23 bits per heavy atom. The van der Waals surface area contributed by atoms with Crippen LogP contribution in [-0.2, 0) is 24.5 Å². The SMILES string of the molecule is CCOC(=O)C(C#N)(CCC(=O)OC)c1ccc(OC)cc1. The van der Waals surface area contributed by atoms with Gasteiger partial charge in [-0.1, -0.05) is 12.1 Å². The smallest absolute Gasteiger partial charge is 0.331 e. The minimum Gasteiger partial charge on any atom is -0.497 e. The van der Waals surface area contributed by atoms with Gasteiger partial charge in [-0.2, -0.15) is 5.26 Å². The molecule has 1 rings (SSSR count). The number of ether oxygens (including phenoxy) is 3. The van der Waals surface area contributed by atoms with Gasteiger partial charge in [-0.05, 0) is 31.0 Å². The first-order chi connectivity index (χ1) is 10.5. The first kappa shape index (κ1) is 17.5. The van der Waals surface area contributed by atoms with Gasteiger partial charge >= 0.3 is 11.9 Å². The number of benzene rings is 1. The van der Waals surface area contributed by atoms with E-state index in [9.17, 15) is 14.9 Å². The molecule has 0 amide bonds. The quantitative estimate of drug-likeness (QED) is 0.716. The van der Waals surface area contributed by atoms with Crippen molar-refractivity contribution in [2.24, 2.45) is 0 Å². The Morgan fingerprint density at radius 3 is 2.32 bits per heavy atom. The van der Waals surface area contributed by atoms with Crippen LogP contribution in [0.2, 0.25) is 0 Å². The van der Waals surface area contributed by atoms with E-state index in [2.05, 4.69) is 4.74 Å². The normalized spacial score (nSPS) is 12.6. The van der Waals surface area contributed by atoms with E-state index in [0.717, 1.165) is 0 Å². The molecule has 1 aromatic rings. The fraction of sp³-hybridized carbons (Fsp3) is 0.438. The van der Waals surface area contributed by atoms with E-state index in [1.807, 2.05) is 6.07 Å². The molecular formula is C16H19NO5. The van der Waals surface area contributed by atoms with Crippen molar-refractivity contribution in [2.75, 3.05) is 20.8 Å². The predicted octanol–water partition coefficient (Wildman–Crippen LogP) is 1.97. The van der Waals surface area contributed by atoms with Crippen molar-refractivity contribution in [3.8, 4) is 11.8 Å². The maximum absolute atomic E-state index is 12.3. The van der Waals surface area contributed by atoms with Crippen molar-refractivity contribution in [3.05, 3.63) is 29.8 Å². The van der Waals surface area contributed by atoms with E-state index in [-0.39, 0.29) is 19.4 Å². The molecule has 0 spiro atoms. The first-order valence-electron chi connectivity index (χ1n) is 6.83. The van der Waals surface area contributed by atoms with Crippen LogP contribution in [-0.4, -0.2) is 32.8 Å². The van der Waals surface area contributed by atoms with E-state index in [1.165, 1.54) is 14.2 Å². The zero-order valence-corrected chi connectivity index (χ0v) is 12.9. The van der Waals surface area contributed by atoms with Crippen LogP contribution in [0, 0.1) is 11.3 Å². The average Bonchev–Trinajstić information content (AvgIpc) is 2.56. The highest BCUT2D eigenvalue weighted by molar-refractivity contribution is 5.87. The van der Waals surface area contributed by atoms with Gasteiger partial charge in [-0.25, -0.2) is 4.79 Å². The number of nitriles is 1. The summed E-state index contributed by atoms with van der Waals surface area (Å²) < 4.78 is 14.7. The molecule has 6 heteroatoms. The predicted molar refractivity (Wildman–Crippen MR) is 78.2 cm³/mol. The molecule has 1 aromatic carbocycles. The number of hydrogen-bond donors (Lipinski definition) is 0. The molecule has 22 heavy (non-hydrogen) atoms. The number of carbonyl (C=O) groups excluding carboxylic acids is 2.